The molecular formula is C51H74N10O20. The summed E-state index contributed by atoms with van der Waals surface area (Å²) in [4.78, 5) is 63.1. The van der Waals surface area contributed by atoms with E-state index in [2.05, 4.69) is 59.5 Å². The van der Waals surface area contributed by atoms with Gasteiger partial charge >= 0.3 is 0 Å². The summed E-state index contributed by atoms with van der Waals surface area (Å²) < 4.78 is 27.2. The summed E-state index contributed by atoms with van der Waals surface area (Å²) in [5.41, 5.74) is 0. The topological polar surface area (TPSA) is 410 Å². The van der Waals surface area contributed by atoms with Gasteiger partial charge in [-0.2, -0.15) is 0 Å². The number of aliphatic hydroxyl groups is 10. The maximum Gasteiger partial charge on any atom is 0.250 e. The Hall–Kier alpha value is -6.85. The van der Waals surface area contributed by atoms with Crippen molar-refractivity contribution in [2.24, 2.45) is 0 Å². The molecule has 10 aliphatic heterocycles. The summed E-state index contributed by atoms with van der Waals surface area (Å²) in [5.74, 6) is 0.842. The van der Waals surface area contributed by atoms with Crippen LogP contribution in [0.5, 0.6) is 0 Å². The van der Waals surface area contributed by atoms with Crippen LogP contribution in [0.1, 0.15) is 39.5 Å². The standard InChI is InChI=1S/5C10H14N2O4.CH4/c5*1-6-11-9(15)2-3-12(6)10-4-7(14)8(5-13)16-10;/h5*2-3,7-8,10,13-14H,1,4-5H2,(H,11,15);1H4/t5*7?,8-,10-;/m11111./s1/i15+2;14+2;13+2;;;. The maximum atomic E-state index is 11.0. The molecule has 5 saturated heterocycles. The zero-order chi connectivity index (χ0) is 58.5. The summed E-state index contributed by atoms with van der Waals surface area (Å²) in [7, 11) is 0. The highest BCUT2D eigenvalue weighted by Gasteiger charge is 2.42. The lowest BCUT2D eigenvalue weighted by atomic mass is 10.2. The third-order valence-corrected chi connectivity index (χ3v) is 13.3. The number of hydrogen-bond donors (Lipinski definition) is 15. The molecule has 15 N–H and O–H groups in total. The molecular weight excluding hydrogens is 1080 g/mol. The predicted molar refractivity (Wildman–Crippen MR) is 280 cm³/mol. The van der Waals surface area contributed by atoms with E-state index in [1.54, 1.807) is 55.5 Å². The molecule has 0 aliphatic carbocycles. The van der Waals surface area contributed by atoms with Crippen LogP contribution in [-0.2, 0) is 47.7 Å². The van der Waals surface area contributed by atoms with Gasteiger partial charge in [-0.05, 0) is 0 Å². The fraction of sp³-hybridized carbons (Fsp3) is 0.510. The fourth-order valence-electron chi connectivity index (χ4n) is 9.03. The molecule has 15 atom stereocenters. The minimum atomic E-state index is -0.700. The number of carbonyl (C=O) groups excluding carboxylic acids is 5. The lowest BCUT2D eigenvalue weighted by Crippen LogP contribution is -2.41. The van der Waals surface area contributed by atoms with Gasteiger partial charge in [-0.3, -0.25) is 24.0 Å². The first-order chi connectivity index (χ1) is 38.1. The summed E-state index contributed by atoms with van der Waals surface area (Å²) >= 11 is 0. The van der Waals surface area contributed by atoms with Crippen LogP contribution in [0.25, 0.3) is 0 Å². The van der Waals surface area contributed by atoms with E-state index in [9.17, 15) is 49.5 Å². The van der Waals surface area contributed by atoms with Gasteiger partial charge in [0.15, 0.2) is 0 Å². The van der Waals surface area contributed by atoms with Crippen LogP contribution in [-0.4, -0.2) is 230 Å². The number of aliphatic hydroxyl groups excluding tert-OH is 10. The second-order valence-corrected chi connectivity index (χ2v) is 18.9. The molecule has 10 rings (SSSR count). The lowest BCUT2D eigenvalue weighted by molar-refractivity contribution is -0.118. The molecule has 0 bridgehead atoms. The van der Waals surface area contributed by atoms with E-state index in [-0.39, 0.29) is 70.0 Å². The molecule has 0 aromatic carbocycles. The van der Waals surface area contributed by atoms with Crippen LogP contribution in [0.3, 0.4) is 0 Å². The van der Waals surface area contributed by atoms with Crippen molar-refractivity contribution in [2.45, 2.75) is 132 Å². The number of rotatable bonds is 10. The summed E-state index contributed by atoms with van der Waals surface area (Å²) in [6.07, 6.45) is 7.96. The predicted octanol–water partition coefficient (Wildman–Crippen LogP) is -5.01. The quantitative estimate of drug-likeness (QED) is 0.0911. The molecule has 448 valence electrons. The van der Waals surface area contributed by atoms with Crippen molar-refractivity contribution in [3.05, 3.63) is 123 Å². The number of amides is 5. The summed E-state index contributed by atoms with van der Waals surface area (Å²) in [5, 5.41) is 105. The molecule has 0 radical (unpaired) electrons. The van der Waals surface area contributed by atoms with Gasteiger partial charge in [0.25, 0.3) is 29.5 Å². The van der Waals surface area contributed by atoms with Gasteiger partial charge in [-0.1, -0.05) is 40.3 Å². The van der Waals surface area contributed by atoms with Crippen molar-refractivity contribution in [2.75, 3.05) is 33.0 Å². The summed E-state index contributed by atoms with van der Waals surface area (Å²) in [6.45, 7) is 17.3. The summed E-state index contributed by atoms with van der Waals surface area (Å²) in [6, 6.07) is 0. The molecule has 0 aromatic heterocycles. The van der Waals surface area contributed by atoms with Crippen molar-refractivity contribution in [3.8, 4) is 0 Å². The van der Waals surface area contributed by atoms with Gasteiger partial charge in [0.1, 0.15) is 90.8 Å². The van der Waals surface area contributed by atoms with Gasteiger partial charge in [-0.15, -0.1) is 0 Å². The van der Waals surface area contributed by atoms with Gasteiger partial charge in [-0.25, -0.2) is 0 Å². The highest BCUT2D eigenvalue weighted by Crippen LogP contribution is 2.30. The van der Waals surface area contributed by atoms with Gasteiger partial charge in [0.05, 0.1) is 63.6 Å². The molecule has 5 unspecified atom stereocenters. The van der Waals surface area contributed by atoms with Gasteiger partial charge in [0.2, 0.25) is 0 Å². The van der Waals surface area contributed by atoms with Crippen LogP contribution in [0.4, 0.5) is 0 Å². The van der Waals surface area contributed by atoms with Crippen LogP contribution in [0.2, 0.25) is 0 Å². The van der Waals surface area contributed by atoms with E-state index in [4.69, 9.17) is 49.2 Å². The molecule has 30 heteroatoms. The molecule has 0 spiro atoms. The van der Waals surface area contributed by atoms with E-state index >= 15 is 0 Å². The fourth-order valence-corrected chi connectivity index (χ4v) is 9.03. The molecule has 81 heavy (non-hydrogen) atoms. The SMILES string of the molecule is C.C=C1NC(=O)C=CN1[C@H]1CC(O)[C@@H](CO)O1.C=C1NC(=O)C=CN1[C@H]1CC(O)[C@@H](CO)O1.C=C1NC(=O)C=CN1[C@H]1CC(O)[C@@H](C[18OH])O1.C=C1NC(=O)C=CN1[C@H]1CC([18OH])[C@@H](CO)O1.C=C1NC(=[18O])C=CN1[C@H]1CC(O)[C@@H](CO)O1. The van der Waals surface area contributed by atoms with E-state index < -0.39 is 92.2 Å². The van der Waals surface area contributed by atoms with Crippen molar-refractivity contribution in [3.63, 3.8) is 0 Å². The Balaban J connectivity index is 0.000000185. The highest BCUT2D eigenvalue weighted by molar-refractivity contribution is 5.91. The average molecular weight is 1150 g/mol. The molecule has 0 aromatic rings. The Morgan fingerprint density at radius 1 is 0.444 bits per heavy atom. The van der Waals surface area contributed by atoms with Crippen molar-refractivity contribution >= 4 is 29.5 Å². The molecule has 30 nitrogen and oxygen atoms in total. The third-order valence-electron chi connectivity index (χ3n) is 13.3. The average Bonchev–Trinajstić information content (AvgIpc) is 4.31. The maximum absolute atomic E-state index is 11.0. The van der Waals surface area contributed by atoms with Gasteiger partial charge < -0.3 is 126 Å². The Morgan fingerprint density at radius 2 is 0.691 bits per heavy atom. The Kier molecular flexibility index (Phi) is 23.9. The molecule has 0 saturated carbocycles. The van der Waals surface area contributed by atoms with Crippen LogP contribution < -0.4 is 26.6 Å². The Bertz CT molecular complexity index is 2090. The van der Waals surface area contributed by atoms with Crippen molar-refractivity contribution in [1.29, 1.82) is 0 Å². The lowest BCUT2D eigenvalue weighted by Gasteiger charge is -2.30. The Morgan fingerprint density at radius 3 is 0.926 bits per heavy atom. The number of nitrogens with zero attached hydrogens (tertiary/aromatic N) is 5. The second-order valence-electron chi connectivity index (χ2n) is 18.9. The monoisotopic (exact) mass is 1150 g/mol. The first-order valence-corrected chi connectivity index (χ1v) is 25.1. The second kappa shape index (κ2) is 29.7. The number of hydrogen-bond acceptors (Lipinski definition) is 25. The van der Waals surface area contributed by atoms with Crippen LogP contribution in [0.15, 0.2) is 123 Å². The van der Waals surface area contributed by atoms with Crippen LogP contribution in [0, 0.1) is 0 Å². The minimum Gasteiger partial charge on any atom is -0.394 e. The highest BCUT2D eigenvalue weighted by atomic mass is 18.2. The third kappa shape index (κ3) is 16.9. The van der Waals surface area contributed by atoms with E-state index in [0.717, 1.165) is 0 Å². The van der Waals surface area contributed by atoms with Crippen molar-refractivity contribution < 1.29 is 98.7 Å². The molecule has 10 heterocycles. The van der Waals surface area contributed by atoms with E-state index in [1.807, 2.05) is 0 Å². The van der Waals surface area contributed by atoms with Crippen molar-refractivity contribution in [1.82, 2.24) is 51.1 Å². The van der Waals surface area contributed by atoms with E-state index in [1.165, 1.54) is 30.4 Å². The zero-order valence-electron chi connectivity index (χ0n) is 43.3. The minimum absolute atomic E-state index is 0. The first-order valence-electron chi connectivity index (χ1n) is 25.1. The normalized spacial score (nSPS) is 34.0. The smallest absolute Gasteiger partial charge is 0.250 e. The first kappa shape index (κ1) is 65.0. The van der Waals surface area contributed by atoms with Gasteiger partial charge in [0, 0.05) is 93.5 Å². The number of ether oxygens (including phenoxy) is 5. The van der Waals surface area contributed by atoms with Crippen LogP contribution >= 0.6 is 0 Å². The zero-order valence-corrected chi connectivity index (χ0v) is 43.3. The number of nitrogens with one attached hydrogen (secondary N) is 5. The molecule has 5 amide bonds. The molecule has 10 aliphatic rings. The molecule has 5 fully saturated rings. The largest absolute Gasteiger partial charge is 0.394 e. The van der Waals surface area contributed by atoms with E-state index in [0.29, 0.717) is 61.2 Å². The number of carbonyl (C=O) groups is 5. The Labute approximate surface area is 466 Å².